The molecule has 0 aromatic rings. The molecule has 0 amide bonds. The van der Waals surface area contributed by atoms with E-state index < -0.39 is 4.92 Å². The summed E-state index contributed by atoms with van der Waals surface area (Å²) in [4.78, 5) is 9.27. The molecule has 2 radical (unpaired) electrons. The molecule has 0 bridgehead atoms. The van der Waals surface area contributed by atoms with E-state index in [9.17, 15) is 10.1 Å². The fourth-order valence-electron chi connectivity index (χ4n) is 0.483. The Hall–Kier alpha value is -1.78. The maximum Gasteiger partial charge on any atom is 0.234 e. The van der Waals surface area contributed by atoms with Gasteiger partial charge in [-0.15, -0.1) is 0 Å². The third-order valence-electron chi connectivity index (χ3n) is 0.986. The molecule has 0 rings (SSSR count). The van der Waals surface area contributed by atoms with E-state index in [1.807, 2.05) is 0 Å². The van der Waals surface area contributed by atoms with Crippen LogP contribution >= 0.6 is 0 Å². The zero-order valence-corrected chi connectivity index (χ0v) is 7.01. The van der Waals surface area contributed by atoms with Gasteiger partial charge in [0, 0.05) is 11.8 Å². The highest BCUT2D eigenvalue weighted by Gasteiger charge is 1.82. The zero-order chi connectivity index (χ0) is 10.3. The van der Waals surface area contributed by atoms with Crippen LogP contribution in [0.15, 0.2) is 48.3 Å². The molecule has 0 saturated heterocycles. The van der Waals surface area contributed by atoms with Crippen LogP contribution in [-0.4, -0.2) is 12.8 Å². The number of rotatable bonds is 4. The van der Waals surface area contributed by atoms with Crippen LogP contribution < -0.4 is 5.73 Å². The van der Waals surface area contributed by atoms with E-state index in [0.29, 0.717) is 11.2 Å². The highest BCUT2D eigenvalue weighted by Crippen LogP contribution is 1.93. The summed E-state index contributed by atoms with van der Waals surface area (Å²) in [5.41, 5.74) is 5.96. The molecule has 0 atom stereocenters. The van der Waals surface area contributed by atoms with Crippen LogP contribution in [0.3, 0.4) is 0 Å². The van der Waals surface area contributed by atoms with Gasteiger partial charge in [0.2, 0.25) is 6.20 Å². The average molecular weight is 176 g/mol. The first-order chi connectivity index (χ1) is 6.02. The Labute approximate surface area is 77.7 Å². The molecule has 0 heterocycles. The molecule has 66 valence electrons. The smallest absolute Gasteiger partial charge is 0.234 e. The molecule has 2 N–H and O–H groups in total. The molecule has 0 aromatic heterocycles. The van der Waals surface area contributed by atoms with Crippen molar-refractivity contribution in [1.82, 2.24) is 0 Å². The molecular formula is C8H9BN2O2. The average Bonchev–Trinajstić information content (AvgIpc) is 2.00. The number of nitrogens with zero attached hydrogens (tertiary/aromatic N) is 1. The third kappa shape index (κ3) is 8.13. The second-order valence-corrected chi connectivity index (χ2v) is 2.20. The molecule has 0 aliphatic heterocycles. The highest BCUT2D eigenvalue weighted by molar-refractivity contribution is 6.23. The predicted molar refractivity (Wildman–Crippen MR) is 52.4 cm³/mol. The molecule has 0 aromatic carbocycles. The Morgan fingerprint density at radius 2 is 2.15 bits per heavy atom. The lowest BCUT2D eigenvalue weighted by Crippen LogP contribution is -1.88. The Balaban J connectivity index is 4.18. The predicted octanol–water partition coefficient (Wildman–Crippen LogP) is 0.858. The van der Waals surface area contributed by atoms with E-state index in [-0.39, 0.29) is 0 Å². The standard InChI is InChI=1S/C8H9BN2O2/c1-7(10)4-5-8(9)3-2-6-11(12)13/h2-6H,1,10H2/b5-4-,6-2+,8-3-. The summed E-state index contributed by atoms with van der Waals surface area (Å²) < 4.78 is 0. The minimum absolute atomic E-state index is 0.365. The Bertz CT molecular complexity index is 293. The summed E-state index contributed by atoms with van der Waals surface area (Å²) in [5.74, 6) is 0. The molecule has 0 unspecified atom stereocenters. The number of nitro groups is 1. The number of hydrogen-bond acceptors (Lipinski definition) is 3. The van der Waals surface area contributed by atoms with Gasteiger partial charge in [-0.3, -0.25) is 10.1 Å². The van der Waals surface area contributed by atoms with Crippen LogP contribution in [0.4, 0.5) is 0 Å². The van der Waals surface area contributed by atoms with Gasteiger partial charge in [0.1, 0.15) is 7.85 Å². The highest BCUT2D eigenvalue weighted by atomic mass is 16.6. The lowest BCUT2D eigenvalue weighted by atomic mass is 9.95. The minimum Gasteiger partial charge on any atom is -0.399 e. The molecule has 13 heavy (non-hydrogen) atoms. The van der Waals surface area contributed by atoms with Crippen molar-refractivity contribution in [2.24, 2.45) is 5.73 Å². The second-order valence-electron chi connectivity index (χ2n) is 2.20. The van der Waals surface area contributed by atoms with Crippen molar-refractivity contribution in [2.75, 3.05) is 0 Å². The summed E-state index contributed by atoms with van der Waals surface area (Å²) in [6.07, 6.45) is 6.43. The van der Waals surface area contributed by atoms with Crippen LogP contribution in [0.1, 0.15) is 0 Å². The molecule has 5 heteroatoms. The van der Waals surface area contributed by atoms with E-state index >= 15 is 0 Å². The molecule has 0 aliphatic carbocycles. The molecule has 0 fully saturated rings. The molecule has 4 nitrogen and oxygen atoms in total. The SMILES string of the molecule is [B]C(/C=C\C(=C)N)=C\C=C\[N+](=O)[O-]. The quantitative estimate of drug-likeness (QED) is 0.299. The van der Waals surface area contributed by atoms with Crippen molar-refractivity contribution in [3.8, 4) is 0 Å². The minimum atomic E-state index is -0.574. The summed E-state index contributed by atoms with van der Waals surface area (Å²) in [6.45, 7) is 3.42. The number of hydrogen-bond donors (Lipinski definition) is 1. The van der Waals surface area contributed by atoms with E-state index in [2.05, 4.69) is 6.58 Å². The second kappa shape index (κ2) is 5.82. The van der Waals surface area contributed by atoms with Gasteiger partial charge in [-0.1, -0.05) is 24.2 Å². The van der Waals surface area contributed by atoms with Crippen LogP contribution in [0.2, 0.25) is 0 Å². The summed E-state index contributed by atoms with van der Waals surface area (Å²) in [6, 6.07) is 0. The molecule has 0 saturated carbocycles. The number of allylic oxidation sites excluding steroid dienone is 5. The fraction of sp³-hybridized carbons (Fsp3) is 0. The first kappa shape index (κ1) is 11.2. The lowest BCUT2D eigenvalue weighted by Gasteiger charge is -1.88. The maximum absolute atomic E-state index is 9.84. The van der Waals surface area contributed by atoms with Crippen molar-refractivity contribution in [2.45, 2.75) is 0 Å². The largest absolute Gasteiger partial charge is 0.399 e. The normalized spacial score (nSPS) is 12.5. The Morgan fingerprint density at radius 1 is 1.54 bits per heavy atom. The van der Waals surface area contributed by atoms with Gasteiger partial charge in [-0.2, -0.15) is 0 Å². The molecular weight excluding hydrogens is 167 g/mol. The van der Waals surface area contributed by atoms with Crippen molar-refractivity contribution in [3.05, 3.63) is 58.4 Å². The monoisotopic (exact) mass is 176 g/mol. The van der Waals surface area contributed by atoms with E-state index in [4.69, 9.17) is 13.6 Å². The lowest BCUT2D eigenvalue weighted by molar-refractivity contribution is -0.402. The van der Waals surface area contributed by atoms with Gasteiger partial charge in [-0.25, -0.2) is 0 Å². The van der Waals surface area contributed by atoms with E-state index in [0.717, 1.165) is 6.20 Å². The van der Waals surface area contributed by atoms with E-state index in [1.54, 1.807) is 0 Å². The van der Waals surface area contributed by atoms with Crippen molar-refractivity contribution >= 4 is 7.85 Å². The van der Waals surface area contributed by atoms with Crippen LogP contribution in [0, 0.1) is 10.1 Å². The maximum atomic E-state index is 9.84. The summed E-state index contributed by atoms with van der Waals surface area (Å²) in [7, 11) is 5.41. The number of nitrogens with two attached hydrogens (primary N) is 1. The Morgan fingerprint density at radius 3 is 2.62 bits per heavy atom. The topological polar surface area (TPSA) is 69.2 Å². The molecule has 0 spiro atoms. The van der Waals surface area contributed by atoms with Crippen LogP contribution in [0.25, 0.3) is 0 Å². The fourth-order valence-corrected chi connectivity index (χ4v) is 0.483. The zero-order valence-electron chi connectivity index (χ0n) is 7.01. The Kier molecular flexibility index (Phi) is 5.03. The van der Waals surface area contributed by atoms with Gasteiger partial charge in [-0.05, 0) is 6.08 Å². The van der Waals surface area contributed by atoms with Crippen molar-refractivity contribution < 1.29 is 4.92 Å². The van der Waals surface area contributed by atoms with Gasteiger partial charge in [0.15, 0.2) is 0 Å². The van der Waals surface area contributed by atoms with Gasteiger partial charge in [0.25, 0.3) is 0 Å². The van der Waals surface area contributed by atoms with Crippen molar-refractivity contribution in [3.63, 3.8) is 0 Å². The molecule has 0 aliphatic rings. The van der Waals surface area contributed by atoms with Gasteiger partial charge in [0.05, 0.1) is 4.92 Å². The summed E-state index contributed by atoms with van der Waals surface area (Å²) >= 11 is 0. The van der Waals surface area contributed by atoms with Crippen LogP contribution in [0.5, 0.6) is 0 Å². The van der Waals surface area contributed by atoms with E-state index in [1.165, 1.54) is 24.3 Å². The first-order valence-corrected chi connectivity index (χ1v) is 3.42. The van der Waals surface area contributed by atoms with Crippen LogP contribution in [-0.2, 0) is 0 Å². The van der Waals surface area contributed by atoms with Crippen molar-refractivity contribution in [1.29, 1.82) is 0 Å². The summed E-state index contributed by atoms with van der Waals surface area (Å²) in [5, 5.41) is 9.84. The van der Waals surface area contributed by atoms with Gasteiger partial charge < -0.3 is 5.73 Å². The first-order valence-electron chi connectivity index (χ1n) is 3.42. The third-order valence-corrected chi connectivity index (χ3v) is 0.986. The van der Waals surface area contributed by atoms with Gasteiger partial charge >= 0.3 is 0 Å².